The lowest BCUT2D eigenvalue weighted by Crippen LogP contribution is -2.35. The lowest BCUT2D eigenvalue weighted by Gasteiger charge is -2.25. The molecule has 0 saturated heterocycles. The van der Waals surface area contributed by atoms with Gasteiger partial charge in [-0.05, 0) is 32.8 Å². The zero-order chi connectivity index (χ0) is 15.9. The minimum atomic E-state index is 0. The van der Waals surface area contributed by atoms with E-state index in [1.54, 1.807) is 7.11 Å². The molecule has 0 unspecified atom stereocenters. The van der Waals surface area contributed by atoms with Crippen LogP contribution in [0.25, 0.3) is 0 Å². The van der Waals surface area contributed by atoms with Gasteiger partial charge in [0.25, 0.3) is 0 Å². The smallest absolute Gasteiger partial charge is 0.193 e. The lowest BCUT2D eigenvalue weighted by molar-refractivity contribution is 0.185. The van der Waals surface area contributed by atoms with Gasteiger partial charge in [-0.25, -0.2) is 0 Å². The van der Waals surface area contributed by atoms with Gasteiger partial charge < -0.3 is 15.8 Å². The van der Waals surface area contributed by atoms with Gasteiger partial charge >= 0.3 is 0 Å². The number of anilines is 1. The number of hydrogen-bond donors (Lipinski definition) is 2. The van der Waals surface area contributed by atoms with E-state index in [4.69, 9.17) is 10.5 Å². The van der Waals surface area contributed by atoms with Crippen LogP contribution in [-0.4, -0.2) is 43.1 Å². The van der Waals surface area contributed by atoms with Gasteiger partial charge in [-0.1, -0.05) is 18.2 Å². The third kappa shape index (κ3) is 6.64. The van der Waals surface area contributed by atoms with Crippen LogP contribution in [-0.2, 0) is 11.3 Å². The van der Waals surface area contributed by atoms with E-state index < -0.39 is 0 Å². The van der Waals surface area contributed by atoms with Gasteiger partial charge in [0, 0.05) is 37.0 Å². The van der Waals surface area contributed by atoms with E-state index in [-0.39, 0.29) is 24.0 Å². The molecule has 1 aliphatic carbocycles. The Kier molecular flexibility index (Phi) is 8.86. The van der Waals surface area contributed by atoms with Crippen molar-refractivity contribution in [1.29, 1.82) is 0 Å². The second-order valence-corrected chi connectivity index (χ2v) is 6.04. The Morgan fingerprint density at radius 1 is 1.39 bits per heavy atom. The topological polar surface area (TPSA) is 62.9 Å². The van der Waals surface area contributed by atoms with E-state index >= 15 is 0 Å². The van der Waals surface area contributed by atoms with Crippen molar-refractivity contribution in [2.45, 2.75) is 45.4 Å². The van der Waals surface area contributed by atoms with Crippen LogP contribution in [0.4, 0.5) is 5.69 Å². The third-order valence-corrected chi connectivity index (χ3v) is 3.90. The Morgan fingerprint density at radius 3 is 2.70 bits per heavy atom. The van der Waals surface area contributed by atoms with Gasteiger partial charge in [0.1, 0.15) is 0 Å². The van der Waals surface area contributed by atoms with Crippen LogP contribution >= 0.6 is 24.0 Å². The number of methoxy groups -OCH3 is 1. The van der Waals surface area contributed by atoms with Gasteiger partial charge in [-0.3, -0.25) is 9.89 Å². The Labute approximate surface area is 156 Å². The predicted molar refractivity (Wildman–Crippen MR) is 108 cm³/mol. The van der Waals surface area contributed by atoms with Crippen molar-refractivity contribution in [1.82, 2.24) is 4.90 Å². The van der Waals surface area contributed by atoms with Crippen molar-refractivity contribution >= 4 is 35.6 Å². The van der Waals surface area contributed by atoms with Gasteiger partial charge in [0.05, 0.1) is 13.2 Å². The Hall–Kier alpha value is -0.860. The van der Waals surface area contributed by atoms with E-state index in [9.17, 15) is 0 Å². The molecule has 3 N–H and O–H groups in total. The molecule has 0 aromatic heterocycles. The molecule has 1 aromatic carbocycles. The number of rotatable bonds is 8. The number of nitrogens with one attached hydrogen (secondary N) is 1. The van der Waals surface area contributed by atoms with E-state index in [0.29, 0.717) is 18.6 Å². The van der Waals surface area contributed by atoms with E-state index in [1.807, 2.05) is 24.3 Å². The van der Waals surface area contributed by atoms with Crippen molar-refractivity contribution in [3.63, 3.8) is 0 Å². The van der Waals surface area contributed by atoms with E-state index in [1.165, 1.54) is 12.8 Å². The SMILES string of the molecule is COCc1ccccc1NC(N)=NCCN(C(C)C)C1CC1.I. The highest BCUT2D eigenvalue weighted by molar-refractivity contribution is 14.0. The minimum Gasteiger partial charge on any atom is -0.380 e. The Bertz CT molecular complexity index is 501. The highest BCUT2D eigenvalue weighted by Crippen LogP contribution is 2.28. The highest BCUT2D eigenvalue weighted by Gasteiger charge is 2.29. The monoisotopic (exact) mass is 432 g/mol. The van der Waals surface area contributed by atoms with Gasteiger partial charge in [-0.2, -0.15) is 0 Å². The molecule has 5 nitrogen and oxygen atoms in total. The number of nitrogens with two attached hydrogens (primary N) is 1. The second kappa shape index (κ2) is 10.1. The zero-order valence-electron chi connectivity index (χ0n) is 14.3. The molecule has 1 aliphatic rings. The number of hydrogen-bond acceptors (Lipinski definition) is 3. The average molecular weight is 432 g/mol. The van der Waals surface area contributed by atoms with Crippen LogP contribution in [0.5, 0.6) is 0 Å². The summed E-state index contributed by atoms with van der Waals surface area (Å²) in [7, 11) is 1.69. The molecule has 6 heteroatoms. The maximum Gasteiger partial charge on any atom is 0.193 e. The molecule has 0 atom stereocenters. The standard InChI is InChI=1S/C17H28N4O.HI/c1-13(2)21(15-8-9-15)11-10-19-17(18)20-16-7-5-4-6-14(16)12-22-3;/h4-7,13,15H,8-12H2,1-3H3,(H3,18,19,20);1H. The second-order valence-electron chi connectivity index (χ2n) is 6.04. The molecule has 2 rings (SSSR count). The normalized spacial score (nSPS) is 14.9. The molecule has 0 aliphatic heterocycles. The zero-order valence-corrected chi connectivity index (χ0v) is 16.6. The summed E-state index contributed by atoms with van der Waals surface area (Å²) in [5, 5.41) is 3.17. The molecular formula is C17H29IN4O. The van der Waals surface area contributed by atoms with Gasteiger partial charge in [-0.15, -0.1) is 24.0 Å². The molecule has 1 fully saturated rings. The minimum absolute atomic E-state index is 0. The summed E-state index contributed by atoms with van der Waals surface area (Å²) < 4.78 is 5.19. The highest BCUT2D eigenvalue weighted by atomic mass is 127. The fraction of sp³-hybridized carbons (Fsp3) is 0.588. The quantitative estimate of drug-likeness (QED) is 0.377. The van der Waals surface area contributed by atoms with Crippen LogP contribution in [0.15, 0.2) is 29.3 Å². The van der Waals surface area contributed by atoms with Crippen LogP contribution in [0, 0.1) is 0 Å². The number of ether oxygens (including phenoxy) is 1. The summed E-state index contributed by atoms with van der Waals surface area (Å²) in [5.41, 5.74) is 8.03. The number of benzene rings is 1. The van der Waals surface area contributed by atoms with Crippen molar-refractivity contribution in [3.05, 3.63) is 29.8 Å². The maximum atomic E-state index is 6.00. The molecule has 23 heavy (non-hydrogen) atoms. The van der Waals surface area contributed by atoms with Crippen LogP contribution in [0.1, 0.15) is 32.3 Å². The maximum absolute atomic E-state index is 6.00. The fourth-order valence-corrected chi connectivity index (χ4v) is 2.66. The van der Waals surface area contributed by atoms with Crippen molar-refractivity contribution in [2.24, 2.45) is 10.7 Å². The third-order valence-electron chi connectivity index (χ3n) is 3.90. The van der Waals surface area contributed by atoms with Gasteiger partial charge in [0.15, 0.2) is 5.96 Å². The molecule has 0 bridgehead atoms. The Balaban J connectivity index is 0.00000264. The largest absolute Gasteiger partial charge is 0.380 e. The van der Waals surface area contributed by atoms with Crippen LogP contribution < -0.4 is 11.1 Å². The number of guanidine groups is 1. The van der Waals surface area contributed by atoms with Crippen LogP contribution in [0.3, 0.4) is 0 Å². The first kappa shape index (κ1) is 20.2. The molecule has 1 aromatic rings. The first-order valence-corrected chi connectivity index (χ1v) is 8.01. The molecule has 130 valence electrons. The first-order valence-electron chi connectivity index (χ1n) is 8.01. The summed E-state index contributed by atoms with van der Waals surface area (Å²) in [6.07, 6.45) is 2.64. The first-order chi connectivity index (χ1) is 10.6. The molecule has 0 spiro atoms. The number of halogens is 1. The number of para-hydroxylation sites is 1. The molecule has 0 amide bonds. The van der Waals surface area contributed by atoms with E-state index in [0.717, 1.165) is 30.4 Å². The molecule has 0 heterocycles. The summed E-state index contributed by atoms with van der Waals surface area (Å²) in [4.78, 5) is 6.96. The van der Waals surface area contributed by atoms with Crippen molar-refractivity contribution in [2.75, 3.05) is 25.5 Å². The fourth-order valence-electron chi connectivity index (χ4n) is 2.66. The predicted octanol–water partition coefficient (Wildman–Crippen LogP) is 3.05. The summed E-state index contributed by atoms with van der Waals surface area (Å²) in [5.74, 6) is 0.461. The molecular weight excluding hydrogens is 403 g/mol. The summed E-state index contributed by atoms with van der Waals surface area (Å²) in [6.45, 7) is 6.72. The lowest BCUT2D eigenvalue weighted by atomic mass is 10.2. The van der Waals surface area contributed by atoms with E-state index in [2.05, 4.69) is 29.1 Å². The van der Waals surface area contributed by atoms with Crippen LogP contribution in [0.2, 0.25) is 0 Å². The average Bonchev–Trinajstić information content (AvgIpc) is 3.30. The van der Waals surface area contributed by atoms with Gasteiger partial charge in [0.2, 0.25) is 0 Å². The summed E-state index contributed by atoms with van der Waals surface area (Å²) >= 11 is 0. The summed E-state index contributed by atoms with van der Waals surface area (Å²) in [6, 6.07) is 9.30. The number of aliphatic imine (C=N–C) groups is 1. The molecule has 0 radical (unpaired) electrons. The number of nitrogens with zero attached hydrogens (tertiary/aromatic N) is 2. The molecule has 1 saturated carbocycles. The Morgan fingerprint density at radius 2 is 2.09 bits per heavy atom. The van der Waals surface area contributed by atoms with Crippen molar-refractivity contribution < 1.29 is 4.74 Å². The van der Waals surface area contributed by atoms with Crippen molar-refractivity contribution in [3.8, 4) is 0 Å².